The summed E-state index contributed by atoms with van der Waals surface area (Å²) in [5.41, 5.74) is 0.566. The molecule has 76 valence electrons. The molecule has 0 aromatic carbocycles. The van der Waals surface area contributed by atoms with E-state index in [-0.39, 0.29) is 12.8 Å². The van der Waals surface area contributed by atoms with Crippen LogP contribution in [0.4, 0.5) is 0 Å². The van der Waals surface area contributed by atoms with Crippen LogP contribution in [0.2, 0.25) is 0 Å². The van der Waals surface area contributed by atoms with E-state index in [1.54, 1.807) is 13.0 Å². The van der Waals surface area contributed by atoms with E-state index in [2.05, 4.69) is 5.16 Å². The summed E-state index contributed by atoms with van der Waals surface area (Å²) in [6.07, 6.45) is 0.832. The van der Waals surface area contributed by atoms with Gasteiger partial charge in [-0.1, -0.05) is 5.16 Å². The normalized spacial score (nSPS) is 12.4. The Morgan fingerprint density at radius 3 is 2.93 bits per heavy atom. The number of carboxylic acids is 1. The van der Waals surface area contributed by atoms with E-state index in [0.29, 0.717) is 17.7 Å². The number of aldehydes is 1. The molecule has 0 bridgehead atoms. The van der Waals surface area contributed by atoms with Crippen LogP contribution in [-0.4, -0.2) is 22.5 Å². The second-order valence-electron chi connectivity index (χ2n) is 3.07. The first-order valence-electron chi connectivity index (χ1n) is 4.22. The summed E-state index contributed by atoms with van der Waals surface area (Å²) in [5.74, 6) is -1.06. The molecule has 0 amide bonds. The molecule has 0 aliphatic carbocycles. The summed E-state index contributed by atoms with van der Waals surface area (Å²) in [5, 5.41) is 12.4. The van der Waals surface area contributed by atoms with Gasteiger partial charge in [0, 0.05) is 18.9 Å². The highest BCUT2D eigenvalue weighted by molar-refractivity contribution is 5.73. The molecule has 0 aliphatic heterocycles. The van der Waals surface area contributed by atoms with Crippen molar-refractivity contribution in [3.8, 4) is 0 Å². The van der Waals surface area contributed by atoms with Crippen molar-refractivity contribution in [2.24, 2.45) is 5.92 Å². The van der Waals surface area contributed by atoms with Gasteiger partial charge in [0.2, 0.25) is 0 Å². The van der Waals surface area contributed by atoms with Crippen LogP contribution < -0.4 is 0 Å². The Kier molecular flexibility index (Phi) is 3.39. The van der Waals surface area contributed by atoms with E-state index in [0.717, 1.165) is 0 Å². The minimum absolute atomic E-state index is 0.00123. The molecule has 0 aliphatic rings. The smallest absolute Gasteiger partial charge is 0.307 e. The van der Waals surface area contributed by atoms with Crippen molar-refractivity contribution in [2.75, 3.05) is 0 Å². The van der Waals surface area contributed by atoms with Crippen molar-refractivity contribution in [1.82, 2.24) is 5.16 Å². The number of aliphatic carboxylic acids is 1. The van der Waals surface area contributed by atoms with Crippen LogP contribution in [0.1, 0.15) is 17.9 Å². The molecule has 0 saturated heterocycles. The first kappa shape index (κ1) is 10.4. The Morgan fingerprint density at radius 2 is 2.50 bits per heavy atom. The molecule has 0 saturated carbocycles. The fraction of sp³-hybridized carbons (Fsp3) is 0.444. The molecule has 0 radical (unpaired) electrons. The van der Waals surface area contributed by atoms with Gasteiger partial charge in [-0.15, -0.1) is 0 Å². The summed E-state index contributed by atoms with van der Waals surface area (Å²) in [7, 11) is 0. The molecular formula is C9H11NO4. The van der Waals surface area contributed by atoms with Gasteiger partial charge in [-0.25, -0.2) is 0 Å². The Bertz CT molecular complexity index is 331. The maximum absolute atomic E-state index is 10.7. The highest BCUT2D eigenvalue weighted by Crippen LogP contribution is 2.11. The molecule has 0 spiro atoms. The minimum Gasteiger partial charge on any atom is -0.481 e. The van der Waals surface area contributed by atoms with E-state index in [9.17, 15) is 9.59 Å². The lowest BCUT2D eigenvalue weighted by atomic mass is 10.0. The quantitative estimate of drug-likeness (QED) is 0.706. The first-order chi connectivity index (χ1) is 6.63. The van der Waals surface area contributed by atoms with Crippen LogP contribution in [0.5, 0.6) is 0 Å². The number of nitrogens with zero attached hydrogens (tertiary/aromatic N) is 1. The van der Waals surface area contributed by atoms with Crippen LogP contribution in [0.25, 0.3) is 0 Å². The van der Waals surface area contributed by atoms with Crippen molar-refractivity contribution in [2.45, 2.75) is 19.8 Å². The highest BCUT2D eigenvalue weighted by Gasteiger charge is 2.19. The van der Waals surface area contributed by atoms with Crippen molar-refractivity contribution >= 4 is 12.3 Å². The third-order valence-electron chi connectivity index (χ3n) is 1.86. The van der Waals surface area contributed by atoms with E-state index >= 15 is 0 Å². The van der Waals surface area contributed by atoms with Crippen LogP contribution in [0, 0.1) is 12.8 Å². The minimum atomic E-state index is -0.988. The zero-order chi connectivity index (χ0) is 10.6. The molecule has 1 heterocycles. The van der Waals surface area contributed by atoms with Gasteiger partial charge in [0.05, 0.1) is 11.6 Å². The maximum Gasteiger partial charge on any atom is 0.307 e. The summed E-state index contributed by atoms with van der Waals surface area (Å²) in [4.78, 5) is 20.9. The Balaban J connectivity index is 2.64. The average molecular weight is 197 g/mol. The van der Waals surface area contributed by atoms with Crippen molar-refractivity contribution in [3.05, 3.63) is 17.5 Å². The Hall–Kier alpha value is -1.65. The number of aryl methyl sites for hydroxylation is 1. The van der Waals surface area contributed by atoms with Gasteiger partial charge < -0.3 is 14.4 Å². The highest BCUT2D eigenvalue weighted by atomic mass is 16.5. The summed E-state index contributed by atoms with van der Waals surface area (Å²) < 4.78 is 4.79. The Labute approximate surface area is 80.7 Å². The fourth-order valence-corrected chi connectivity index (χ4v) is 1.15. The number of carboxylic acid groups (broad SMARTS) is 1. The lowest BCUT2D eigenvalue weighted by Crippen LogP contribution is -2.17. The number of hydrogen-bond donors (Lipinski definition) is 1. The molecule has 5 heteroatoms. The predicted molar refractivity (Wildman–Crippen MR) is 46.8 cm³/mol. The number of aromatic nitrogens is 1. The first-order valence-corrected chi connectivity index (χ1v) is 4.22. The van der Waals surface area contributed by atoms with Gasteiger partial charge in [0.15, 0.2) is 0 Å². The van der Waals surface area contributed by atoms with Gasteiger partial charge in [-0.05, 0) is 6.92 Å². The fourth-order valence-electron chi connectivity index (χ4n) is 1.15. The topological polar surface area (TPSA) is 80.4 Å². The van der Waals surface area contributed by atoms with Crippen LogP contribution in [0.15, 0.2) is 10.6 Å². The number of hydrogen-bond acceptors (Lipinski definition) is 4. The third-order valence-corrected chi connectivity index (χ3v) is 1.86. The van der Waals surface area contributed by atoms with E-state index in [4.69, 9.17) is 9.63 Å². The van der Waals surface area contributed by atoms with E-state index in [1.165, 1.54) is 0 Å². The van der Waals surface area contributed by atoms with Crippen LogP contribution in [-0.2, 0) is 16.0 Å². The zero-order valence-corrected chi connectivity index (χ0v) is 7.77. The molecule has 0 fully saturated rings. The van der Waals surface area contributed by atoms with Crippen LogP contribution in [0.3, 0.4) is 0 Å². The van der Waals surface area contributed by atoms with E-state index in [1.807, 2.05) is 0 Å². The number of rotatable bonds is 5. The molecule has 1 rings (SSSR count). The summed E-state index contributed by atoms with van der Waals surface area (Å²) in [6.45, 7) is 1.73. The van der Waals surface area contributed by atoms with Crippen LogP contribution >= 0.6 is 0 Å². The van der Waals surface area contributed by atoms with Crippen molar-refractivity contribution in [3.63, 3.8) is 0 Å². The third kappa shape index (κ3) is 2.69. The Morgan fingerprint density at radius 1 is 1.79 bits per heavy atom. The molecule has 1 aromatic heterocycles. The maximum atomic E-state index is 10.7. The lowest BCUT2D eigenvalue weighted by molar-refractivity contribution is -0.142. The lowest BCUT2D eigenvalue weighted by Gasteiger charge is -2.04. The second-order valence-corrected chi connectivity index (χ2v) is 3.07. The SMILES string of the molecule is Cc1cc(CC(CC=O)C(=O)O)no1. The molecular weight excluding hydrogens is 186 g/mol. The van der Waals surface area contributed by atoms with Gasteiger partial charge in [0.1, 0.15) is 12.0 Å². The number of carbonyl (C=O) groups is 2. The molecule has 1 unspecified atom stereocenters. The second kappa shape index (κ2) is 4.55. The summed E-state index contributed by atoms with van der Waals surface area (Å²) >= 11 is 0. The number of carbonyl (C=O) groups excluding carboxylic acids is 1. The van der Waals surface area contributed by atoms with Gasteiger partial charge in [-0.2, -0.15) is 0 Å². The van der Waals surface area contributed by atoms with Crippen molar-refractivity contribution < 1.29 is 19.2 Å². The largest absolute Gasteiger partial charge is 0.481 e. The molecule has 5 nitrogen and oxygen atoms in total. The standard InChI is InChI=1S/C9H11NO4/c1-6-4-8(10-14-6)5-7(2-3-11)9(12)13/h3-4,7H,2,5H2,1H3,(H,12,13). The average Bonchev–Trinajstić information content (AvgIpc) is 2.50. The van der Waals surface area contributed by atoms with Gasteiger partial charge >= 0.3 is 5.97 Å². The molecule has 14 heavy (non-hydrogen) atoms. The molecule has 1 N–H and O–H groups in total. The van der Waals surface area contributed by atoms with Crippen molar-refractivity contribution in [1.29, 1.82) is 0 Å². The molecule has 1 atom stereocenters. The predicted octanol–water partition coefficient (Wildman–Crippen LogP) is 0.815. The monoisotopic (exact) mass is 197 g/mol. The van der Waals surface area contributed by atoms with E-state index < -0.39 is 11.9 Å². The molecule has 1 aromatic rings. The van der Waals surface area contributed by atoms with Gasteiger partial charge in [-0.3, -0.25) is 4.79 Å². The van der Waals surface area contributed by atoms with Gasteiger partial charge in [0.25, 0.3) is 0 Å². The summed E-state index contributed by atoms with van der Waals surface area (Å²) in [6, 6.07) is 1.67. The zero-order valence-electron chi connectivity index (χ0n) is 7.77.